The third-order valence-electron chi connectivity index (χ3n) is 2.40. The van der Waals surface area contributed by atoms with Gasteiger partial charge in [0.05, 0.1) is 0 Å². The van der Waals surface area contributed by atoms with Crippen molar-refractivity contribution in [1.29, 1.82) is 0 Å². The molecule has 0 unspecified atom stereocenters. The fourth-order valence-corrected chi connectivity index (χ4v) is 2.09. The normalized spacial score (nSPS) is 36.0. The van der Waals surface area contributed by atoms with Gasteiger partial charge in [-0.2, -0.15) is 0 Å². The van der Waals surface area contributed by atoms with Gasteiger partial charge in [-0.3, -0.25) is 9.32 Å². The Morgan fingerprint density at radius 3 is 2.26 bits per heavy atom. The maximum atomic E-state index is 11.0. The molecule has 0 saturated carbocycles. The molecule has 0 aromatic carbocycles. The van der Waals surface area contributed by atoms with Gasteiger partial charge in [0.2, 0.25) is 5.91 Å². The van der Waals surface area contributed by atoms with Crippen LogP contribution in [-0.2, 0) is 23.4 Å². The lowest BCUT2D eigenvalue weighted by atomic mass is 10.0. The van der Waals surface area contributed by atoms with E-state index >= 15 is 0 Å². The van der Waals surface area contributed by atoms with Gasteiger partial charge >= 0.3 is 7.82 Å². The van der Waals surface area contributed by atoms with Gasteiger partial charge < -0.3 is 34.8 Å². The molecule has 0 aliphatic carbocycles. The van der Waals surface area contributed by atoms with Crippen LogP contribution in [-0.4, -0.2) is 63.8 Å². The van der Waals surface area contributed by atoms with Crippen LogP contribution in [0.4, 0.5) is 0 Å². The lowest BCUT2D eigenvalue weighted by Gasteiger charge is -2.41. The second kappa shape index (κ2) is 6.25. The smallest absolute Gasteiger partial charge is 0.388 e. The van der Waals surface area contributed by atoms with Crippen molar-refractivity contribution >= 4 is 13.7 Å². The van der Waals surface area contributed by atoms with Crippen molar-refractivity contribution in [3.8, 4) is 0 Å². The Hall–Kier alpha value is -0.580. The highest BCUT2D eigenvalue weighted by atomic mass is 31.2. The number of carbonyl (C=O) groups excluding carboxylic acids is 1. The van der Waals surface area contributed by atoms with Crippen LogP contribution in [0.25, 0.3) is 0 Å². The predicted octanol–water partition coefficient (Wildman–Crippen LogP) is -2.35. The van der Waals surface area contributed by atoms with Crippen molar-refractivity contribution in [3.05, 3.63) is 0 Å². The van der Waals surface area contributed by atoms with E-state index in [0.717, 1.165) is 14.0 Å². The van der Waals surface area contributed by atoms with Crippen molar-refractivity contribution < 1.29 is 43.4 Å². The van der Waals surface area contributed by atoms with Crippen LogP contribution in [0.5, 0.6) is 0 Å². The van der Waals surface area contributed by atoms with E-state index in [1.54, 1.807) is 0 Å². The average molecular weight is 301 g/mol. The molecule has 0 aromatic rings. The van der Waals surface area contributed by atoms with E-state index in [4.69, 9.17) is 19.3 Å². The first-order valence-electron chi connectivity index (χ1n) is 5.21. The quantitative estimate of drug-likeness (QED) is 0.359. The zero-order valence-corrected chi connectivity index (χ0v) is 11.1. The number of aliphatic hydroxyl groups is 2. The van der Waals surface area contributed by atoms with Gasteiger partial charge in [0.15, 0.2) is 12.6 Å². The van der Waals surface area contributed by atoms with Crippen LogP contribution in [0.3, 0.4) is 0 Å². The summed E-state index contributed by atoms with van der Waals surface area (Å²) in [7, 11) is -3.76. The standard InChI is InChI=1S/C8H16NO9P/c1-3(10)9-4-5(11)6(12)8(16-2)17-7(4)18-19(13,14)15/h4-8,11-12H,1-2H3,(H,9,10)(H2,13,14,15)/t4-,5-,6+,7-,8+/m1/s1. The maximum absolute atomic E-state index is 11.0. The van der Waals surface area contributed by atoms with Gasteiger partial charge in [-0.1, -0.05) is 0 Å². The lowest BCUT2D eigenvalue weighted by Crippen LogP contribution is -2.64. The summed E-state index contributed by atoms with van der Waals surface area (Å²) < 4.78 is 24.8. The molecule has 1 saturated heterocycles. The average Bonchev–Trinajstić information content (AvgIpc) is 2.26. The Morgan fingerprint density at radius 1 is 1.26 bits per heavy atom. The van der Waals surface area contributed by atoms with Gasteiger partial charge in [-0.15, -0.1) is 0 Å². The lowest BCUT2D eigenvalue weighted by molar-refractivity contribution is -0.306. The molecule has 0 spiro atoms. The molecule has 10 nitrogen and oxygen atoms in total. The third-order valence-corrected chi connectivity index (χ3v) is 2.88. The fourth-order valence-electron chi connectivity index (χ4n) is 1.64. The topological polar surface area (TPSA) is 155 Å². The Bertz CT molecular complexity index is 371. The maximum Gasteiger partial charge on any atom is 0.472 e. The molecule has 0 bridgehead atoms. The molecule has 1 aliphatic heterocycles. The first-order valence-corrected chi connectivity index (χ1v) is 6.74. The van der Waals surface area contributed by atoms with E-state index in [9.17, 15) is 19.6 Å². The highest BCUT2D eigenvalue weighted by Gasteiger charge is 2.47. The predicted molar refractivity (Wildman–Crippen MR) is 58.4 cm³/mol. The van der Waals surface area contributed by atoms with Gasteiger partial charge in [0.25, 0.3) is 0 Å². The monoisotopic (exact) mass is 301 g/mol. The van der Waals surface area contributed by atoms with Crippen molar-refractivity contribution in [2.24, 2.45) is 0 Å². The number of phosphoric acid groups is 1. The number of carbonyl (C=O) groups is 1. The summed E-state index contributed by atoms with van der Waals surface area (Å²) in [5.74, 6) is -0.602. The van der Waals surface area contributed by atoms with Crippen molar-refractivity contribution in [1.82, 2.24) is 5.32 Å². The molecule has 112 valence electrons. The Kier molecular flexibility index (Phi) is 5.42. The first-order chi connectivity index (χ1) is 8.65. The second-order valence-electron chi connectivity index (χ2n) is 3.91. The van der Waals surface area contributed by atoms with E-state index in [-0.39, 0.29) is 0 Å². The number of nitrogens with one attached hydrogen (secondary N) is 1. The molecule has 19 heavy (non-hydrogen) atoms. The number of aliphatic hydroxyl groups excluding tert-OH is 2. The molecule has 5 atom stereocenters. The van der Waals surface area contributed by atoms with Crippen LogP contribution in [0, 0.1) is 0 Å². The number of methoxy groups -OCH3 is 1. The summed E-state index contributed by atoms with van der Waals surface area (Å²) in [4.78, 5) is 28.5. The second-order valence-corrected chi connectivity index (χ2v) is 5.10. The van der Waals surface area contributed by atoms with E-state index in [1.165, 1.54) is 0 Å². The summed E-state index contributed by atoms with van der Waals surface area (Å²) in [6.45, 7) is 1.12. The van der Waals surface area contributed by atoms with Crippen molar-refractivity contribution in [2.75, 3.05) is 7.11 Å². The summed E-state index contributed by atoms with van der Waals surface area (Å²) in [5, 5.41) is 21.6. The number of hydrogen-bond acceptors (Lipinski definition) is 7. The summed E-state index contributed by atoms with van der Waals surface area (Å²) in [6.07, 6.45) is -6.12. The minimum Gasteiger partial charge on any atom is -0.388 e. The van der Waals surface area contributed by atoms with Crippen LogP contribution in [0.1, 0.15) is 6.92 Å². The number of rotatable bonds is 4. The molecule has 1 heterocycles. The van der Waals surface area contributed by atoms with Gasteiger partial charge in [0.1, 0.15) is 18.2 Å². The summed E-state index contributed by atoms with van der Waals surface area (Å²) in [5.41, 5.74) is 0. The number of ether oxygens (including phenoxy) is 2. The minimum atomic E-state index is -4.92. The first kappa shape index (κ1) is 16.5. The third kappa shape index (κ3) is 4.48. The van der Waals surface area contributed by atoms with Crippen molar-refractivity contribution in [2.45, 2.75) is 37.8 Å². The zero-order valence-electron chi connectivity index (χ0n) is 10.2. The highest BCUT2D eigenvalue weighted by molar-refractivity contribution is 7.46. The number of hydrogen-bond donors (Lipinski definition) is 5. The number of amides is 1. The SMILES string of the molecule is CO[C@H]1O[C@H](OP(=O)(O)O)[C@H](NC(C)=O)[C@@H](O)[C@@H]1O. The minimum absolute atomic E-state index is 0.602. The molecule has 0 aromatic heterocycles. The molecule has 1 fully saturated rings. The molecule has 1 aliphatic rings. The molecular formula is C8H16NO9P. The van der Waals surface area contributed by atoms with Crippen LogP contribution < -0.4 is 5.32 Å². The molecular weight excluding hydrogens is 285 g/mol. The Morgan fingerprint density at radius 2 is 1.84 bits per heavy atom. The molecule has 11 heteroatoms. The van der Waals surface area contributed by atoms with Crippen LogP contribution in [0.2, 0.25) is 0 Å². The molecule has 0 radical (unpaired) electrons. The van der Waals surface area contributed by atoms with E-state index < -0.39 is 44.6 Å². The van der Waals surface area contributed by atoms with E-state index in [2.05, 4.69) is 9.84 Å². The van der Waals surface area contributed by atoms with Gasteiger partial charge in [-0.25, -0.2) is 4.57 Å². The van der Waals surface area contributed by atoms with Crippen molar-refractivity contribution in [3.63, 3.8) is 0 Å². The molecule has 1 rings (SSSR count). The Balaban J connectivity index is 2.92. The van der Waals surface area contributed by atoms with E-state index in [0.29, 0.717) is 0 Å². The number of phosphoric ester groups is 1. The fraction of sp³-hybridized carbons (Fsp3) is 0.875. The van der Waals surface area contributed by atoms with Crippen LogP contribution in [0.15, 0.2) is 0 Å². The van der Waals surface area contributed by atoms with E-state index in [1.807, 2.05) is 0 Å². The zero-order chi connectivity index (χ0) is 14.8. The molecule has 1 amide bonds. The Labute approximate surface area is 108 Å². The summed E-state index contributed by atoms with van der Waals surface area (Å²) in [6, 6.07) is -1.36. The highest BCUT2D eigenvalue weighted by Crippen LogP contribution is 2.40. The van der Waals surface area contributed by atoms with Gasteiger partial charge in [0, 0.05) is 14.0 Å². The van der Waals surface area contributed by atoms with Gasteiger partial charge in [-0.05, 0) is 0 Å². The molecule has 5 N–H and O–H groups in total. The summed E-state index contributed by atoms with van der Waals surface area (Å²) >= 11 is 0. The largest absolute Gasteiger partial charge is 0.472 e. The van der Waals surface area contributed by atoms with Crippen LogP contribution >= 0.6 is 7.82 Å².